The van der Waals surface area contributed by atoms with Crippen molar-refractivity contribution >= 4 is 29.1 Å². The predicted molar refractivity (Wildman–Crippen MR) is 114 cm³/mol. The summed E-state index contributed by atoms with van der Waals surface area (Å²) in [4.78, 5) is 14.6. The number of carbonyl (C=O) groups is 1. The number of nitrogens with one attached hydrogen (secondary N) is 1. The minimum atomic E-state index is -0.264. The molecule has 2 aromatic rings. The quantitative estimate of drug-likeness (QED) is 0.602. The Kier molecular flexibility index (Phi) is 8.90. The van der Waals surface area contributed by atoms with Crippen LogP contribution < -0.4 is 14.8 Å². The SMILES string of the molecule is CCN(CC)CCOc1ccc(CNC(=O)c2ccc(Cl)cc2Cl)cc1OC. The molecular weight excluding hydrogens is 399 g/mol. The number of hydrogen-bond donors (Lipinski definition) is 1. The number of rotatable bonds is 10. The first-order chi connectivity index (χ1) is 13.5. The Labute approximate surface area is 176 Å². The second kappa shape index (κ2) is 11.1. The van der Waals surface area contributed by atoms with Crippen molar-refractivity contribution in [2.24, 2.45) is 0 Å². The smallest absolute Gasteiger partial charge is 0.253 e. The van der Waals surface area contributed by atoms with Crippen LogP contribution in [0.4, 0.5) is 0 Å². The molecule has 28 heavy (non-hydrogen) atoms. The molecule has 0 aliphatic rings. The maximum absolute atomic E-state index is 12.3. The fourth-order valence-electron chi connectivity index (χ4n) is 2.72. The number of hydrogen-bond acceptors (Lipinski definition) is 4. The van der Waals surface area contributed by atoms with Crippen molar-refractivity contribution in [1.82, 2.24) is 10.2 Å². The second-order valence-electron chi connectivity index (χ2n) is 6.17. The Morgan fingerprint density at radius 1 is 1.07 bits per heavy atom. The second-order valence-corrected chi connectivity index (χ2v) is 7.01. The third kappa shape index (κ3) is 6.30. The molecule has 2 aromatic carbocycles. The van der Waals surface area contributed by atoms with E-state index in [-0.39, 0.29) is 5.91 Å². The molecule has 152 valence electrons. The predicted octanol–water partition coefficient (Wildman–Crippen LogP) is 4.65. The van der Waals surface area contributed by atoms with E-state index in [0.717, 1.165) is 25.2 Å². The summed E-state index contributed by atoms with van der Waals surface area (Å²) in [5, 5.41) is 3.66. The van der Waals surface area contributed by atoms with Crippen LogP contribution in [0, 0.1) is 0 Å². The zero-order valence-corrected chi connectivity index (χ0v) is 17.9. The van der Waals surface area contributed by atoms with E-state index in [0.29, 0.717) is 40.3 Å². The molecule has 7 heteroatoms. The van der Waals surface area contributed by atoms with Gasteiger partial charge in [0, 0.05) is 18.1 Å². The first-order valence-corrected chi connectivity index (χ1v) is 9.99. The van der Waals surface area contributed by atoms with Crippen LogP contribution in [0.15, 0.2) is 36.4 Å². The maximum atomic E-state index is 12.3. The summed E-state index contributed by atoms with van der Waals surface area (Å²) in [7, 11) is 1.60. The van der Waals surface area contributed by atoms with Gasteiger partial charge >= 0.3 is 0 Å². The van der Waals surface area contributed by atoms with E-state index >= 15 is 0 Å². The molecule has 0 spiro atoms. The summed E-state index contributed by atoms with van der Waals surface area (Å²) in [5.74, 6) is 1.06. The molecule has 2 rings (SSSR count). The van der Waals surface area contributed by atoms with Crippen molar-refractivity contribution < 1.29 is 14.3 Å². The lowest BCUT2D eigenvalue weighted by Crippen LogP contribution is -2.28. The first kappa shape index (κ1) is 22.3. The Morgan fingerprint density at radius 2 is 1.82 bits per heavy atom. The third-order valence-electron chi connectivity index (χ3n) is 4.42. The van der Waals surface area contributed by atoms with Crippen LogP contribution in [0.3, 0.4) is 0 Å². The molecule has 1 amide bonds. The van der Waals surface area contributed by atoms with Crippen LogP contribution in [0.5, 0.6) is 11.5 Å². The summed E-state index contributed by atoms with van der Waals surface area (Å²) >= 11 is 11.9. The molecule has 0 radical (unpaired) electrons. The molecule has 0 fully saturated rings. The van der Waals surface area contributed by atoms with Crippen molar-refractivity contribution in [1.29, 1.82) is 0 Å². The molecule has 0 aliphatic heterocycles. The summed E-state index contributed by atoms with van der Waals surface area (Å²) in [5.41, 5.74) is 1.28. The van der Waals surface area contributed by atoms with E-state index in [1.165, 1.54) is 0 Å². The number of halogens is 2. The molecular formula is C21H26Cl2N2O3. The Hall–Kier alpha value is -1.95. The lowest BCUT2D eigenvalue weighted by molar-refractivity contribution is 0.0951. The van der Waals surface area contributed by atoms with Crippen molar-refractivity contribution in [3.05, 3.63) is 57.6 Å². The van der Waals surface area contributed by atoms with Gasteiger partial charge in [0.1, 0.15) is 6.61 Å². The highest BCUT2D eigenvalue weighted by atomic mass is 35.5. The number of benzene rings is 2. The van der Waals surface area contributed by atoms with Gasteiger partial charge in [0.05, 0.1) is 17.7 Å². The Morgan fingerprint density at radius 3 is 2.46 bits per heavy atom. The minimum Gasteiger partial charge on any atom is -0.493 e. The van der Waals surface area contributed by atoms with Crippen molar-refractivity contribution in [2.45, 2.75) is 20.4 Å². The van der Waals surface area contributed by atoms with Crippen LogP contribution in [-0.2, 0) is 6.54 Å². The van der Waals surface area contributed by atoms with E-state index in [1.807, 2.05) is 18.2 Å². The molecule has 0 aliphatic carbocycles. The number of likely N-dealkylation sites (N-methyl/N-ethyl adjacent to an activating group) is 1. The normalized spacial score (nSPS) is 10.8. The first-order valence-electron chi connectivity index (χ1n) is 9.23. The van der Waals surface area contributed by atoms with Gasteiger partial charge in [0.25, 0.3) is 5.91 Å². The van der Waals surface area contributed by atoms with E-state index in [1.54, 1.807) is 25.3 Å². The number of amides is 1. The summed E-state index contributed by atoms with van der Waals surface area (Å²) < 4.78 is 11.3. The average Bonchev–Trinajstić information content (AvgIpc) is 2.69. The van der Waals surface area contributed by atoms with Crippen LogP contribution >= 0.6 is 23.2 Å². The topological polar surface area (TPSA) is 50.8 Å². The zero-order valence-electron chi connectivity index (χ0n) is 16.4. The standard InChI is InChI=1S/C21H26Cl2N2O3/c1-4-25(5-2)10-11-28-19-9-6-15(12-20(19)27-3)14-24-21(26)17-8-7-16(22)13-18(17)23/h6-9,12-13H,4-5,10-11,14H2,1-3H3,(H,24,26). The third-order valence-corrected chi connectivity index (χ3v) is 4.96. The molecule has 5 nitrogen and oxygen atoms in total. The van der Waals surface area contributed by atoms with E-state index in [2.05, 4.69) is 24.1 Å². The maximum Gasteiger partial charge on any atom is 0.253 e. The van der Waals surface area contributed by atoms with Crippen LogP contribution in [0.2, 0.25) is 10.0 Å². The van der Waals surface area contributed by atoms with Crippen LogP contribution in [0.25, 0.3) is 0 Å². The van der Waals surface area contributed by atoms with Gasteiger partial charge in [0.15, 0.2) is 11.5 Å². The van der Waals surface area contributed by atoms with Gasteiger partial charge in [-0.15, -0.1) is 0 Å². The van der Waals surface area contributed by atoms with Gasteiger partial charge < -0.3 is 19.7 Å². The lowest BCUT2D eigenvalue weighted by Gasteiger charge is -2.19. The average molecular weight is 425 g/mol. The van der Waals surface area contributed by atoms with E-state index in [4.69, 9.17) is 32.7 Å². The lowest BCUT2D eigenvalue weighted by atomic mass is 10.1. The molecule has 0 aromatic heterocycles. The van der Waals surface area contributed by atoms with E-state index < -0.39 is 0 Å². The van der Waals surface area contributed by atoms with Crippen molar-refractivity contribution in [3.63, 3.8) is 0 Å². The number of ether oxygens (including phenoxy) is 2. The van der Waals surface area contributed by atoms with Gasteiger partial charge in [-0.25, -0.2) is 0 Å². The molecule has 1 N–H and O–H groups in total. The molecule has 0 atom stereocenters. The van der Waals surface area contributed by atoms with E-state index in [9.17, 15) is 4.79 Å². The highest BCUT2D eigenvalue weighted by molar-refractivity contribution is 6.36. The van der Waals surface area contributed by atoms with Crippen LogP contribution in [0.1, 0.15) is 29.8 Å². The Bertz CT molecular complexity index is 795. The van der Waals surface area contributed by atoms with Crippen molar-refractivity contribution in [3.8, 4) is 11.5 Å². The number of nitrogens with zero attached hydrogens (tertiary/aromatic N) is 1. The highest BCUT2D eigenvalue weighted by Crippen LogP contribution is 2.28. The number of methoxy groups -OCH3 is 1. The fraction of sp³-hybridized carbons (Fsp3) is 0.381. The minimum absolute atomic E-state index is 0.264. The largest absolute Gasteiger partial charge is 0.493 e. The van der Waals surface area contributed by atoms with Crippen molar-refractivity contribution in [2.75, 3.05) is 33.4 Å². The monoisotopic (exact) mass is 424 g/mol. The summed E-state index contributed by atoms with van der Waals surface area (Å²) in [6.07, 6.45) is 0. The van der Waals surface area contributed by atoms with Gasteiger partial charge in [-0.1, -0.05) is 43.1 Å². The highest BCUT2D eigenvalue weighted by Gasteiger charge is 2.12. The Balaban J connectivity index is 1.96. The molecule has 0 bridgehead atoms. The molecule has 0 saturated carbocycles. The van der Waals surface area contributed by atoms with Gasteiger partial charge in [0.2, 0.25) is 0 Å². The molecule has 0 unspecified atom stereocenters. The van der Waals surface area contributed by atoms with Gasteiger partial charge in [-0.3, -0.25) is 4.79 Å². The summed E-state index contributed by atoms with van der Waals surface area (Å²) in [6, 6.07) is 10.4. The number of carbonyl (C=O) groups excluding carboxylic acids is 1. The van der Waals surface area contributed by atoms with Gasteiger partial charge in [-0.2, -0.15) is 0 Å². The fourth-order valence-corrected chi connectivity index (χ4v) is 3.21. The molecule has 0 heterocycles. The molecule has 0 saturated heterocycles. The van der Waals surface area contributed by atoms with Gasteiger partial charge in [-0.05, 0) is 49.0 Å². The zero-order chi connectivity index (χ0) is 20.5. The summed E-state index contributed by atoms with van der Waals surface area (Å²) in [6.45, 7) is 8.03. The van der Waals surface area contributed by atoms with Crippen LogP contribution in [-0.4, -0.2) is 44.2 Å².